The molecule has 0 spiro atoms. The fourth-order valence-electron chi connectivity index (χ4n) is 2.25. The summed E-state index contributed by atoms with van der Waals surface area (Å²) >= 11 is 1.70. The summed E-state index contributed by atoms with van der Waals surface area (Å²) in [7, 11) is 0. The van der Waals surface area contributed by atoms with Crippen molar-refractivity contribution in [3.8, 4) is 0 Å². The van der Waals surface area contributed by atoms with Gasteiger partial charge in [-0.25, -0.2) is 4.98 Å². The largest absolute Gasteiger partial charge is 0.295 e. The molecular formula is C11H18N2S. The molecule has 0 amide bonds. The quantitative estimate of drug-likeness (QED) is 0.762. The fourth-order valence-corrected chi connectivity index (χ4v) is 2.80. The number of piperidine rings is 1. The van der Waals surface area contributed by atoms with Crippen molar-refractivity contribution in [3.63, 3.8) is 0 Å². The van der Waals surface area contributed by atoms with Gasteiger partial charge in [0.25, 0.3) is 0 Å². The molecule has 1 fully saturated rings. The summed E-state index contributed by atoms with van der Waals surface area (Å²) in [6.07, 6.45) is 5.43. The summed E-state index contributed by atoms with van der Waals surface area (Å²) in [4.78, 5) is 6.95. The maximum Gasteiger partial charge on any atom is 0.0795 e. The summed E-state index contributed by atoms with van der Waals surface area (Å²) in [5.41, 5.74) is 3.18. The minimum absolute atomic E-state index is 0.797. The second-order valence-corrected chi connectivity index (χ2v) is 4.73. The number of rotatable bonds is 3. The first kappa shape index (κ1) is 10.1. The molecule has 0 aliphatic carbocycles. The van der Waals surface area contributed by atoms with Gasteiger partial charge in [0, 0.05) is 18.0 Å². The molecule has 3 heteroatoms. The Hall–Kier alpha value is -0.410. The van der Waals surface area contributed by atoms with Crippen LogP contribution in [0.15, 0.2) is 10.9 Å². The smallest absolute Gasteiger partial charge is 0.0795 e. The molecule has 0 N–H and O–H groups in total. The van der Waals surface area contributed by atoms with Crippen LogP contribution < -0.4 is 0 Å². The van der Waals surface area contributed by atoms with Gasteiger partial charge >= 0.3 is 0 Å². The number of likely N-dealkylation sites (tertiary alicyclic amines) is 1. The molecule has 0 radical (unpaired) electrons. The van der Waals surface area contributed by atoms with E-state index >= 15 is 0 Å². The normalized spacial score (nSPS) is 23.9. The van der Waals surface area contributed by atoms with Gasteiger partial charge < -0.3 is 0 Å². The molecule has 0 saturated carbocycles. The minimum atomic E-state index is 0.797. The van der Waals surface area contributed by atoms with Crippen molar-refractivity contribution in [2.45, 2.75) is 45.2 Å². The van der Waals surface area contributed by atoms with E-state index in [-0.39, 0.29) is 0 Å². The predicted octanol–water partition coefficient (Wildman–Crippen LogP) is 2.91. The zero-order valence-electron chi connectivity index (χ0n) is 8.78. The van der Waals surface area contributed by atoms with Gasteiger partial charge in [-0.2, -0.15) is 0 Å². The highest BCUT2D eigenvalue weighted by Gasteiger charge is 2.20. The highest BCUT2D eigenvalue weighted by atomic mass is 32.1. The summed E-state index contributed by atoms with van der Waals surface area (Å²) in [6, 6.07) is 0.797. The summed E-state index contributed by atoms with van der Waals surface area (Å²) in [5, 5.41) is 2.17. The van der Waals surface area contributed by atoms with Gasteiger partial charge in [0.05, 0.1) is 11.2 Å². The summed E-state index contributed by atoms with van der Waals surface area (Å²) < 4.78 is 0. The predicted molar refractivity (Wildman–Crippen MR) is 60.5 cm³/mol. The summed E-state index contributed by atoms with van der Waals surface area (Å²) in [5.74, 6) is 0. The van der Waals surface area contributed by atoms with E-state index < -0.39 is 0 Å². The Balaban J connectivity index is 1.94. The summed E-state index contributed by atoms with van der Waals surface area (Å²) in [6.45, 7) is 4.61. The van der Waals surface area contributed by atoms with E-state index in [0.29, 0.717) is 0 Å². The van der Waals surface area contributed by atoms with E-state index in [1.165, 1.54) is 37.9 Å². The van der Waals surface area contributed by atoms with Crippen LogP contribution in [0.25, 0.3) is 0 Å². The molecule has 1 unspecified atom stereocenters. The zero-order chi connectivity index (χ0) is 9.80. The molecule has 1 atom stereocenters. The molecule has 1 saturated heterocycles. The van der Waals surface area contributed by atoms with Crippen LogP contribution in [0.1, 0.15) is 38.3 Å². The molecule has 1 aliphatic heterocycles. The van der Waals surface area contributed by atoms with Crippen molar-refractivity contribution in [3.05, 3.63) is 16.6 Å². The molecule has 1 aromatic heterocycles. The minimum Gasteiger partial charge on any atom is -0.295 e. The highest BCUT2D eigenvalue weighted by molar-refractivity contribution is 7.07. The molecule has 2 rings (SSSR count). The van der Waals surface area contributed by atoms with E-state index in [9.17, 15) is 0 Å². The molecule has 1 aromatic rings. The standard InChI is InChI=1S/C11H18N2S/c1-2-11-5-3-4-6-13(11)7-10-8-14-9-12-10/h8-9,11H,2-7H2,1H3. The van der Waals surface area contributed by atoms with Gasteiger partial charge in [0.15, 0.2) is 0 Å². The van der Waals surface area contributed by atoms with Crippen LogP contribution in [0, 0.1) is 0 Å². The van der Waals surface area contributed by atoms with Crippen molar-refractivity contribution in [1.29, 1.82) is 0 Å². The third-order valence-corrected chi connectivity index (χ3v) is 3.70. The van der Waals surface area contributed by atoms with Crippen LogP contribution in [-0.2, 0) is 6.54 Å². The molecule has 14 heavy (non-hydrogen) atoms. The number of hydrogen-bond donors (Lipinski definition) is 0. The van der Waals surface area contributed by atoms with Crippen LogP contribution in [-0.4, -0.2) is 22.5 Å². The molecule has 2 heterocycles. The van der Waals surface area contributed by atoms with Gasteiger partial charge in [-0.05, 0) is 25.8 Å². The Morgan fingerprint density at radius 2 is 2.50 bits per heavy atom. The second-order valence-electron chi connectivity index (χ2n) is 4.01. The van der Waals surface area contributed by atoms with E-state index in [1.54, 1.807) is 11.3 Å². The van der Waals surface area contributed by atoms with Gasteiger partial charge in [0.1, 0.15) is 0 Å². The van der Waals surface area contributed by atoms with Crippen molar-refractivity contribution in [2.75, 3.05) is 6.54 Å². The first-order chi connectivity index (χ1) is 6.90. The van der Waals surface area contributed by atoms with Crippen molar-refractivity contribution in [2.24, 2.45) is 0 Å². The zero-order valence-corrected chi connectivity index (χ0v) is 9.59. The Kier molecular flexibility index (Phi) is 3.54. The fraction of sp³-hybridized carbons (Fsp3) is 0.727. The molecule has 78 valence electrons. The number of hydrogen-bond acceptors (Lipinski definition) is 3. The first-order valence-electron chi connectivity index (χ1n) is 5.51. The Morgan fingerprint density at radius 1 is 1.57 bits per heavy atom. The topological polar surface area (TPSA) is 16.1 Å². The lowest BCUT2D eigenvalue weighted by Crippen LogP contribution is -2.38. The number of nitrogens with zero attached hydrogens (tertiary/aromatic N) is 2. The Bertz CT molecular complexity index is 258. The average Bonchev–Trinajstić information content (AvgIpc) is 2.71. The molecule has 1 aliphatic rings. The van der Waals surface area contributed by atoms with Crippen molar-refractivity contribution < 1.29 is 0 Å². The second kappa shape index (κ2) is 4.89. The Morgan fingerprint density at radius 3 is 3.21 bits per heavy atom. The number of thiazole rings is 1. The van der Waals surface area contributed by atoms with Crippen LogP contribution in [0.5, 0.6) is 0 Å². The van der Waals surface area contributed by atoms with Crippen LogP contribution in [0.4, 0.5) is 0 Å². The molecular weight excluding hydrogens is 192 g/mol. The van der Waals surface area contributed by atoms with E-state index in [2.05, 4.69) is 22.2 Å². The van der Waals surface area contributed by atoms with Crippen LogP contribution in [0.3, 0.4) is 0 Å². The van der Waals surface area contributed by atoms with E-state index in [1.807, 2.05) is 5.51 Å². The molecule has 0 bridgehead atoms. The maximum absolute atomic E-state index is 4.36. The SMILES string of the molecule is CCC1CCCCN1Cc1cscn1. The monoisotopic (exact) mass is 210 g/mol. The van der Waals surface area contributed by atoms with Gasteiger partial charge in [0.2, 0.25) is 0 Å². The first-order valence-corrected chi connectivity index (χ1v) is 6.45. The average molecular weight is 210 g/mol. The lowest BCUT2D eigenvalue weighted by Gasteiger charge is -2.34. The number of aromatic nitrogens is 1. The van der Waals surface area contributed by atoms with E-state index in [4.69, 9.17) is 0 Å². The van der Waals surface area contributed by atoms with Crippen LogP contribution >= 0.6 is 11.3 Å². The van der Waals surface area contributed by atoms with E-state index in [0.717, 1.165) is 12.6 Å². The van der Waals surface area contributed by atoms with Gasteiger partial charge in [-0.3, -0.25) is 4.90 Å². The van der Waals surface area contributed by atoms with Crippen LogP contribution in [0.2, 0.25) is 0 Å². The maximum atomic E-state index is 4.36. The third kappa shape index (κ3) is 2.34. The third-order valence-electron chi connectivity index (χ3n) is 3.07. The molecule has 0 aromatic carbocycles. The lowest BCUT2D eigenvalue weighted by atomic mass is 10.00. The van der Waals surface area contributed by atoms with Crippen molar-refractivity contribution in [1.82, 2.24) is 9.88 Å². The van der Waals surface area contributed by atoms with Crippen molar-refractivity contribution >= 4 is 11.3 Å². The Labute approximate surface area is 90.0 Å². The highest BCUT2D eigenvalue weighted by Crippen LogP contribution is 2.21. The lowest BCUT2D eigenvalue weighted by molar-refractivity contribution is 0.135. The van der Waals surface area contributed by atoms with Gasteiger partial charge in [-0.1, -0.05) is 13.3 Å². The molecule has 2 nitrogen and oxygen atoms in total. The van der Waals surface area contributed by atoms with Gasteiger partial charge in [-0.15, -0.1) is 11.3 Å².